The van der Waals surface area contributed by atoms with Gasteiger partial charge < -0.3 is 20.2 Å². The van der Waals surface area contributed by atoms with Gasteiger partial charge in [0.2, 0.25) is 11.7 Å². The quantitative estimate of drug-likeness (QED) is 0.701. The van der Waals surface area contributed by atoms with Gasteiger partial charge in [0.15, 0.2) is 0 Å². The number of carbonyl (C=O) groups excluding carboxylic acids is 2. The smallest absolute Gasteiger partial charge is 0.339 e. The zero-order valence-electron chi connectivity index (χ0n) is 10.7. The van der Waals surface area contributed by atoms with Crippen LogP contribution in [-0.2, 0) is 4.79 Å². The van der Waals surface area contributed by atoms with E-state index in [1.54, 1.807) is 0 Å². The average Bonchev–Trinajstić information content (AvgIpc) is 2.84. The van der Waals surface area contributed by atoms with Crippen LogP contribution >= 0.6 is 0 Å². The van der Waals surface area contributed by atoms with E-state index in [9.17, 15) is 14.4 Å². The number of furan rings is 1. The molecule has 1 rings (SSSR count). The third kappa shape index (κ3) is 3.84. The van der Waals surface area contributed by atoms with E-state index in [0.717, 1.165) is 12.7 Å². The highest BCUT2D eigenvalue weighted by Crippen LogP contribution is 2.10. The van der Waals surface area contributed by atoms with E-state index < -0.39 is 17.9 Å². The minimum absolute atomic E-state index is 0.237. The SMILES string of the molecule is CCCNC(=O)C(C)NC(=O)c1occc1C(=O)O. The molecular weight excluding hydrogens is 252 g/mol. The molecule has 0 fully saturated rings. The first kappa shape index (κ1) is 14.7. The molecule has 1 atom stereocenters. The first-order valence-electron chi connectivity index (χ1n) is 5.86. The molecular formula is C12H16N2O5. The van der Waals surface area contributed by atoms with Crippen molar-refractivity contribution in [3.8, 4) is 0 Å². The van der Waals surface area contributed by atoms with Crippen LogP contribution in [0.25, 0.3) is 0 Å². The Labute approximate surface area is 110 Å². The van der Waals surface area contributed by atoms with Gasteiger partial charge in [0, 0.05) is 6.54 Å². The van der Waals surface area contributed by atoms with Crippen molar-refractivity contribution in [1.82, 2.24) is 10.6 Å². The molecule has 0 bridgehead atoms. The molecule has 0 radical (unpaired) electrons. The van der Waals surface area contributed by atoms with E-state index in [0.29, 0.717) is 6.54 Å². The minimum atomic E-state index is -1.26. The van der Waals surface area contributed by atoms with Gasteiger partial charge in [0.05, 0.1) is 6.26 Å². The monoisotopic (exact) mass is 268 g/mol. The van der Waals surface area contributed by atoms with Crippen molar-refractivity contribution >= 4 is 17.8 Å². The van der Waals surface area contributed by atoms with Crippen LogP contribution < -0.4 is 10.6 Å². The third-order valence-corrected chi connectivity index (χ3v) is 2.39. The summed E-state index contributed by atoms with van der Waals surface area (Å²) < 4.78 is 4.82. The molecule has 1 aromatic rings. The van der Waals surface area contributed by atoms with Crippen molar-refractivity contribution in [3.05, 3.63) is 23.7 Å². The van der Waals surface area contributed by atoms with E-state index >= 15 is 0 Å². The summed E-state index contributed by atoms with van der Waals surface area (Å²) in [6.07, 6.45) is 1.90. The maximum Gasteiger partial charge on any atom is 0.339 e. The van der Waals surface area contributed by atoms with Gasteiger partial charge in [-0.25, -0.2) is 4.79 Å². The molecule has 0 aliphatic heterocycles. The molecule has 104 valence electrons. The highest BCUT2D eigenvalue weighted by molar-refractivity contribution is 6.03. The zero-order chi connectivity index (χ0) is 14.4. The number of carbonyl (C=O) groups is 3. The molecule has 0 aromatic carbocycles. The first-order valence-corrected chi connectivity index (χ1v) is 5.86. The van der Waals surface area contributed by atoms with Gasteiger partial charge in [-0.15, -0.1) is 0 Å². The second kappa shape index (κ2) is 6.58. The molecule has 3 N–H and O–H groups in total. The van der Waals surface area contributed by atoms with Crippen LogP contribution in [-0.4, -0.2) is 35.5 Å². The summed E-state index contributed by atoms with van der Waals surface area (Å²) in [7, 11) is 0. The van der Waals surface area contributed by atoms with Crippen LogP contribution in [0, 0.1) is 0 Å². The number of rotatable bonds is 6. The van der Waals surface area contributed by atoms with Gasteiger partial charge in [-0.1, -0.05) is 6.92 Å². The van der Waals surface area contributed by atoms with E-state index in [2.05, 4.69) is 10.6 Å². The second-order valence-electron chi connectivity index (χ2n) is 3.95. The maximum absolute atomic E-state index is 11.8. The molecule has 19 heavy (non-hydrogen) atoms. The van der Waals surface area contributed by atoms with E-state index in [1.807, 2.05) is 6.92 Å². The Balaban J connectivity index is 2.66. The number of nitrogens with one attached hydrogen (secondary N) is 2. The van der Waals surface area contributed by atoms with E-state index in [4.69, 9.17) is 9.52 Å². The van der Waals surface area contributed by atoms with Crippen LogP contribution in [0.5, 0.6) is 0 Å². The molecule has 0 saturated heterocycles. The standard InChI is InChI=1S/C12H16N2O5/c1-3-5-13-10(15)7(2)14-11(16)9-8(12(17)18)4-6-19-9/h4,6-7H,3,5H2,1-2H3,(H,13,15)(H,14,16)(H,17,18). The summed E-state index contributed by atoms with van der Waals surface area (Å²) in [6.45, 7) is 3.93. The van der Waals surface area contributed by atoms with Gasteiger partial charge in [-0.05, 0) is 19.4 Å². The Morgan fingerprint density at radius 1 is 1.42 bits per heavy atom. The Kier molecular flexibility index (Phi) is 5.11. The lowest BCUT2D eigenvalue weighted by Crippen LogP contribution is -2.45. The maximum atomic E-state index is 11.8. The summed E-state index contributed by atoms with van der Waals surface area (Å²) >= 11 is 0. The molecule has 0 aliphatic rings. The number of amides is 2. The molecule has 1 heterocycles. The van der Waals surface area contributed by atoms with E-state index in [1.165, 1.54) is 13.0 Å². The lowest BCUT2D eigenvalue weighted by atomic mass is 10.2. The van der Waals surface area contributed by atoms with E-state index in [-0.39, 0.29) is 17.2 Å². The van der Waals surface area contributed by atoms with Crippen LogP contribution in [0.3, 0.4) is 0 Å². The van der Waals surface area contributed by atoms with Gasteiger partial charge in [-0.3, -0.25) is 9.59 Å². The lowest BCUT2D eigenvalue weighted by Gasteiger charge is -2.13. The number of carboxylic acids is 1. The summed E-state index contributed by atoms with van der Waals surface area (Å²) in [4.78, 5) is 34.2. The molecule has 1 aromatic heterocycles. The molecule has 1 unspecified atom stereocenters. The van der Waals surface area contributed by atoms with Crippen molar-refractivity contribution < 1.29 is 23.9 Å². The molecule has 2 amide bonds. The topological polar surface area (TPSA) is 109 Å². The predicted octanol–water partition coefficient (Wildman–Crippen LogP) is 0.622. The number of hydrogen-bond acceptors (Lipinski definition) is 4. The molecule has 0 saturated carbocycles. The fourth-order valence-corrected chi connectivity index (χ4v) is 1.38. The third-order valence-electron chi connectivity index (χ3n) is 2.39. The second-order valence-corrected chi connectivity index (χ2v) is 3.95. The molecule has 7 heteroatoms. The Bertz CT molecular complexity index is 480. The molecule has 0 spiro atoms. The number of hydrogen-bond donors (Lipinski definition) is 3. The van der Waals surface area contributed by atoms with Crippen LogP contribution in [0.1, 0.15) is 41.2 Å². The number of aromatic carboxylic acids is 1. The van der Waals surface area contributed by atoms with Crippen LogP contribution in [0.2, 0.25) is 0 Å². The Hall–Kier alpha value is -2.31. The Morgan fingerprint density at radius 2 is 2.11 bits per heavy atom. The normalized spacial score (nSPS) is 11.7. The fourth-order valence-electron chi connectivity index (χ4n) is 1.38. The van der Waals surface area contributed by atoms with Crippen LogP contribution in [0.15, 0.2) is 16.7 Å². The minimum Gasteiger partial charge on any atom is -0.478 e. The Morgan fingerprint density at radius 3 is 2.68 bits per heavy atom. The number of carboxylic acid groups (broad SMARTS) is 1. The van der Waals surface area contributed by atoms with Crippen molar-refractivity contribution in [2.24, 2.45) is 0 Å². The molecule has 7 nitrogen and oxygen atoms in total. The van der Waals surface area contributed by atoms with Crippen molar-refractivity contribution in [2.75, 3.05) is 6.54 Å². The summed E-state index contributed by atoms with van der Waals surface area (Å²) in [5, 5.41) is 13.8. The van der Waals surface area contributed by atoms with Crippen molar-refractivity contribution in [2.45, 2.75) is 26.3 Å². The predicted molar refractivity (Wildman–Crippen MR) is 65.9 cm³/mol. The molecule has 0 aliphatic carbocycles. The van der Waals surface area contributed by atoms with Gasteiger partial charge in [-0.2, -0.15) is 0 Å². The zero-order valence-corrected chi connectivity index (χ0v) is 10.7. The summed E-state index contributed by atoms with van der Waals surface area (Å²) in [5.41, 5.74) is -0.237. The summed E-state index contributed by atoms with van der Waals surface area (Å²) in [6, 6.07) is 0.407. The van der Waals surface area contributed by atoms with Crippen LogP contribution in [0.4, 0.5) is 0 Å². The fraction of sp³-hybridized carbons (Fsp3) is 0.417. The summed E-state index contributed by atoms with van der Waals surface area (Å²) in [5.74, 6) is -2.65. The van der Waals surface area contributed by atoms with Gasteiger partial charge >= 0.3 is 5.97 Å². The highest BCUT2D eigenvalue weighted by atomic mass is 16.4. The van der Waals surface area contributed by atoms with Crippen molar-refractivity contribution in [1.29, 1.82) is 0 Å². The largest absolute Gasteiger partial charge is 0.478 e. The average molecular weight is 268 g/mol. The van der Waals surface area contributed by atoms with Gasteiger partial charge in [0.25, 0.3) is 5.91 Å². The highest BCUT2D eigenvalue weighted by Gasteiger charge is 2.23. The van der Waals surface area contributed by atoms with Gasteiger partial charge in [0.1, 0.15) is 11.6 Å². The lowest BCUT2D eigenvalue weighted by molar-refractivity contribution is -0.122. The first-order chi connectivity index (χ1) is 8.97. The van der Waals surface area contributed by atoms with Crippen molar-refractivity contribution in [3.63, 3.8) is 0 Å².